The Morgan fingerprint density at radius 1 is 1.11 bits per heavy atom. The summed E-state index contributed by atoms with van der Waals surface area (Å²) >= 11 is 6.02. The Labute approximate surface area is 162 Å². The van der Waals surface area contributed by atoms with Gasteiger partial charge in [0.25, 0.3) is 11.8 Å². The van der Waals surface area contributed by atoms with Crippen molar-refractivity contribution < 1.29 is 14.2 Å². The standard InChI is InChI=1S/C20H19ClN4O2/c21-17-8-4-7-16(13-17)19-22-18(27-23-19)14-24-9-11-25(12-10-24)20(26)15-5-2-1-3-6-15/h1-8,13H,9-12,14H2/p+1. The lowest BCUT2D eigenvalue weighted by Gasteiger charge is -2.31. The van der Waals surface area contributed by atoms with Crippen LogP contribution in [0.5, 0.6) is 0 Å². The van der Waals surface area contributed by atoms with Gasteiger partial charge in [0.05, 0.1) is 26.2 Å². The molecule has 3 aromatic rings. The van der Waals surface area contributed by atoms with Crippen molar-refractivity contribution in [3.63, 3.8) is 0 Å². The zero-order chi connectivity index (χ0) is 18.6. The average Bonchev–Trinajstić information content (AvgIpc) is 3.17. The van der Waals surface area contributed by atoms with E-state index in [0.717, 1.165) is 37.3 Å². The van der Waals surface area contributed by atoms with Crippen LogP contribution in [-0.4, -0.2) is 47.1 Å². The van der Waals surface area contributed by atoms with Crippen LogP contribution in [0.3, 0.4) is 0 Å². The summed E-state index contributed by atoms with van der Waals surface area (Å²) in [5.41, 5.74) is 1.58. The summed E-state index contributed by atoms with van der Waals surface area (Å²) in [6.07, 6.45) is 0. The first-order valence-electron chi connectivity index (χ1n) is 8.95. The van der Waals surface area contributed by atoms with E-state index in [1.54, 1.807) is 0 Å². The second-order valence-electron chi connectivity index (χ2n) is 6.61. The highest BCUT2D eigenvalue weighted by atomic mass is 35.5. The number of quaternary nitrogens is 1. The molecule has 1 aromatic heterocycles. The first-order chi connectivity index (χ1) is 13.2. The summed E-state index contributed by atoms with van der Waals surface area (Å²) < 4.78 is 5.40. The zero-order valence-corrected chi connectivity index (χ0v) is 15.5. The van der Waals surface area contributed by atoms with Gasteiger partial charge in [-0.1, -0.05) is 47.1 Å². The van der Waals surface area contributed by atoms with Crippen LogP contribution in [0.4, 0.5) is 0 Å². The molecule has 2 aromatic carbocycles. The fourth-order valence-electron chi connectivity index (χ4n) is 3.25. The predicted molar refractivity (Wildman–Crippen MR) is 101 cm³/mol. The SMILES string of the molecule is O=C(c1ccccc1)N1CC[NH+](Cc2nc(-c3cccc(Cl)c3)no2)CC1. The normalized spacial score (nSPS) is 15.1. The summed E-state index contributed by atoms with van der Waals surface area (Å²) in [6, 6.07) is 16.8. The van der Waals surface area contributed by atoms with Crippen LogP contribution >= 0.6 is 11.6 Å². The molecule has 0 unspecified atom stereocenters. The Hall–Kier alpha value is -2.70. The molecule has 1 aliphatic rings. The lowest BCUT2D eigenvalue weighted by molar-refractivity contribution is -0.918. The fourth-order valence-corrected chi connectivity index (χ4v) is 3.44. The number of aromatic nitrogens is 2. The van der Waals surface area contributed by atoms with E-state index < -0.39 is 0 Å². The first-order valence-corrected chi connectivity index (χ1v) is 9.33. The van der Waals surface area contributed by atoms with E-state index >= 15 is 0 Å². The maximum atomic E-state index is 12.5. The van der Waals surface area contributed by atoms with E-state index in [2.05, 4.69) is 10.1 Å². The van der Waals surface area contributed by atoms with Gasteiger partial charge in [0.15, 0.2) is 6.54 Å². The highest BCUT2D eigenvalue weighted by Crippen LogP contribution is 2.19. The molecular weight excluding hydrogens is 364 g/mol. The number of benzene rings is 2. The number of piperazine rings is 1. The van der Waals surface area contributed by atoms with Crippen LogP contribution < -0.4 is 4.90 Å². The molecule has 7 heteroatoms. The van der Waals surface area contributed by atoms with Crippen molar-refractivity contribution in [2.75, 3.05) is 26.2 Å². The molecule has 4 rings (SSSR count). The van der Waals surface area contributed by atoms with Crippen molar-refractivity contribution in [2.24, 2.45) is 0 Å². The van der Waals surface area contributed by atoms with Crippen LogP contribution in [0.2, 0.25) is 5.02 Å². The van der Waals surface area contributed by atoms with E-state index in [9.17, 15) is 4.79 Å². The lowest BCUT2D eigenvalue weighted by Crippen LogP contribution is -3.13. The summed E-state index contributed by atoms with van der Waals surface area (Å²) in [4.78, 5) is 20.2. The maximum Gasteiger partial charge on any atom is 0.282 e. The Bertz CT molecular complexity index is 920. The second-order valence-corrected chi connectivity index (χ2v) is 7.04. The van der Waals surface area contributed by atoms with Crippen molar-refractivity contribution in [1.82, 2.24) is 15.0 Å². The zero-order valence-electron chi connectivity index (χ0n) is 14.8. The number of nitrogens with one attached hydrogen (secondary N) is 1. The van der Waals surface area contributed by atoms with Gasteiger partial charge in [0, 0.05) is 16.1 Å². The van der Waals surface area contributed by atoms with Crippen molar-refractivity contribution in [1.29, 1.82) is 0 Å². The van der Waals surface area contributed by atoms with E-state index in [4.69, 9.17) is 16.1 Å². The molecule has 1 saturated heterocycles. The third kappa shape index (κ3) is 4.18. The number of halogens is 1. The molecule has 1 aliphatic heterocycles. The number of nitrogens with zero attached hydrogens (tertiary/aromatic N) is 3. The Morgan fingerprint density at radius 3 is 2.63 bits per heavy atom. The fraction of sp³-hybridized carbons (Fsp3) is 0.250. The quantitative estimate of drug-likeness (QED) is 0.747. The highest BCUT2D eigenvalue weighted by molar-refractivity contribution is 6.30. The van der Waals surface area contributed by atoms with Crippen molar-refractivity contribution in [3.05, 3.63) is 71.1 Å². The van der Waals surface area contributed by atoms with Crippen molar-refractivity contribution in [3.8, 4) is 11.4 Å². The van der Waals surface area contributed by atoms with Gasteiger partial charge in [-0.05, 0) is 24.3 Å². The van der Waals surface area contributed by atoms with Gasteiger partial charge in [0.1, 0.15) is 0 Å². The number of amides is 1. The largest absolute Gasteiger partial charge is 0.333 e. The van der Waals surface area contributed by atoms with Gasteiger partial charge in [-0.3, -0.25) is 4.79 Å². The van der Waals surface area contributed by atoms with E-state index in [-0.39, 0.29) is 5.91 Å². The molecule has 1 amide bonds. The van der Waals surface area contributed by atoms with Gasteiger partial charge in [0.2, 0.25) is 5.82 Å². The van der Waals surface area contributed by atoms with Gasteiger partial charge in [-0.25, -0.2) is 0 Å². The number of carbonyl (C=O) groups is 1. The van der Waals surface area contributed by atoms with Gasteiger partial charge < -0.3 is 14.3 Å². The maximum absolute atomic E-state index is 12.5. The van der Waals surface area contributed by atoms with E-state index in [0.29, 0.717) is 23.3 Å². The number of carbonyl (C=O) groups excluding carboxylic acids is 1. The molecule has 1 fully saturated rings. The first kappa shape index (κ1) is 17.7. The molecule has 138 valence electrons. The minimum atomic E-state index is 0.0932. The predicted octanol–water partition coefficient (Wildman–Crippen LogP) is 1.93. The van der Waals surface area contributed by atoms with Crippen LogP contribution in [0, 0.1) is 0 Å². The Morgan fingerprint density at radius 2 is 1.89 bits per heavy atom. The minimum absolute atomic E-state index is 0.0932. The monoisotopic (exact) mass is 383 g/mol. The van der Waals surface area contributed by atoms with Crippen molar-refractivity contribution >= 4 is 17.5 Å². The molecule has 0 spiro atoms. The van der Waals surface area contributed by atoms with Crippen LogP contribution in [-0.2, 0) is 6.54 Å². The molecule has 27 heavy (non-hydrogen) atoms. The highest BCUT2D eigenvalue weighted by Gasteiger charge is 2.26. The molecule has 0 atom stereocenters. The molecular formula is C20H20ClN4O2+. The number of hydrogen-bond acceptors (Lipinski definition) is 4. The van der Waals surface area contributed by atoms with E-state index in [1.165, 1.54) is 4.90 Å². The molecule has 2 heterocycles. The van der Waals surface area contributed by atoms with Gasteiger partial charge in [-0.15, -0.1) is 0 Å². The molecule has 0 saturated carbocycles. The van der Waals surface area contributed by atoms with Crippen LogP contribution in [0.1, 0.15) is 16.2 Å². The minimum Gasteiger partial charge on any atom is -0.333 e. The summed E-state index contributed by atoms with van der Waals surface area (Å²) in [6.45, 7) is 3.80. The average molecular weight is 384 g/mol. The Kier molecular flexibility index (Phi) is 5.18. The number of hydrogen-bond donors (Lipinski definition) is 1. The van der Waals surface area contributed by atoms with Crippen LogP contribution in [0.15, 0.2) is 59.1 Å². The number of rotatable bonds is 4. The molecule has 6 nitrogen and oxygen atoms in total. The molecule has 1 N–H and O–H groups in total. The van der Waals surface area contributed by atoms with Gasteiger partial charge in [-0.2, -0.15) is 4.98 Å². The molecule has 0 bridgehead atoms. The molecule has 0 aliphatic carbocycles. The third-order valence-corrected chi connectivity index (χ3v) is 4.97. The summed E-state index contributed by atoms with van der Waals surface area (Å²) in [5, 5.41) is 4.70. The summed E-state index contributed by atoms with van der Waals surface area (Å²) in [5.74, 6) is 1.24. The Balaban J connectivity index is 1.34. The smallest absolute Gasteiger partial charge is 0.282 e. The lowest BCUT2D eigenvalue weighted by atomic mass is 10.2. The second kappa shape index (κ2) is 7.90. The molecule has 0 radical (unpaired) electrons. The van der Waals surface area contributed by atoms with E-state index in [1.807, 2.05) is 59.5 Å². The van der Waals surface area contributed by atoms with Crippen LogP contribution in [0.25, 0.3) is 11.4 Å². The topological polar surface area (TPSA) is 63.7 Å². The van der Waals surface area contributed by atoms with Gasteiger partial charge >= 0.3 is 0 Å². The summed E-state index contributed by atoms with van der Waals surface area (Å²) in [7, 11) is 0. The van der Waals surface area contributed by atoms with Crippen molar-refractivity contribution in [2.45, 2.75) is 6.54 Å². The third-order valence-electron chi connectivity index (χ3n) is 4.73.